The van der Waals surface area contributed by atoms with E-state index in [1.165, 1.54) is 36.6 Å². The van der Waals surface area contributed by atoms with Gasteiger partial charge >= 0.3 is 0 Å². The van der Waals surface area contributed by atoms with Crippen LogP contribution < -0.4 is 16.4 Å². The van der Waals surface area contributed by atoms with Crippen LogP contribution in [0.1, 0.15) is 44.0 Å². The number of carbonyl (C=O) groups is 1. The molecule has 3 rings (SSSR count). The highest BCUT2D eigenvalue weighted by Crippen LogP contribution is 2.24. The molecule has 0 unspecified atom stereocenters. The zero-order valence-corrected chi connectivity index (χ0v) is 17.3. The fourth-order valence-corrected chi connectivity index (χ4v) is 4.02. The number of amides is 1. The number of nitrogens with zero attached hydrogens (tertiary/aromatic N) is 3. The summed E-state index contributed by atoms with van der Waals surface area (Å²) in [6.07, 6.45) is 4.74. The molecule has 0 saturated heterocycles. The number of aromatic nitrogens is 3. The zero-order chi connectivity index (χ0) is 19.9. The number of hydrogen-bond acceptors (Lipinski definition) is 7. The summed E-state index contributed by atoms with van der Waals surface area (Å²) >= 11 is 1.48. The number of aryl methyl sites for hydroxylation is 1. The number of thioether (sulfide) groups is 1. The summed E-state index contributed by atoms with van der Waals surface area (Å²) in [6, 6.07) is 8.24. The number of nitrogens with two attached hydrogens (primary N) is 1. The van der Waals surface area contributed by atoms with Gasteiger partial charge in [-0.1, -0.05) is 37.5 Å². The molecule has 0 bridgehead atoms. The van der Waals surface area contributed by atoms with E-state index in [2.05, 4.69) is 32.5 Å². The van der Waals surface area contributed by atoms with E-state index in [1.54, 1.807) is 0 Å². The highest BCUT2D eigenvalue weighted by atomic mass is 32.2. The lowest BCUT2D eigenvalue weighted by Crippen LogP contribution is -2.41. The van der Waals surface area contributed by atoms with Crippen LogP contribution in [0.5, 0.6) is 0 Å². The van der Waals surface area contributed by atoms with Crippen LogP contribution in [-0.4, -0.2) is 32.7 Å². The molecule has 1 aliphatic rings. The van der Waals surface area contributed by atoms with Crippen molar-refractivity contribution < 1.29 is 4.79 Å². The van der Waals surface area contributed by atoms with Crippen molar-refractivity contribution in [1.29, 1.82) is 0 Å². The van der Waals surface area contributed by atoms with Crippen molar-refractivity contribution in [2.24, 2.45) is 5.92 Å². The molecule has 1 aromatic carbocycles. The minimum absolute atomic E-state index is 0.0729. The predicted molar refractivity (Wildman–Crippen MR) is 114 cm³/mol. The van der Waals surface area contributed by atoms with Crippen molar-refractivity contribution in [2.45, 2.75) is 51.3 Å². The number of rotatable bonds is 7. The Morgan fingerprint density at radius 3 is 2.68 bits per heavy atom. The molecule has 1 heterocycles. The summed E-state index contributed by atoms with van der Waals surface area (Å²) in [4.78, 5) is 25.0. The molecule has 150 valence electrons. The van der Waals surface area contributed by atoms with Gasteiger partial charge < -0.3 is 16.4 Å². The average Bonchev–Trinajstić information content (AvgIpc) is 2.65. The molecule has 0 radical (unpaired) electrons. The topological polar surface area (TPSA) is 106 Å². The normalized spacial score (nSPS) is 19.2. The van der Waals surface area contributed by atoms with Crippen LogP contribution in [0, 0.1) is 12.8 Å². The predicted octanol–water partition coefficient (Wildman–Crippen LogP) is 3.43. The van der Waals surface area contributed by atoms with E-state index in [0.29, 0.717) is 35.2 Å². The molecule has 4 N–H and O–H groups in total. The first-order chi connectivity index (χ1) is 13.5. The molecular formula is C20H28N6OS. The molecule has 28 heavy (non-hydrogen) atoms. The summed E-state index contributed by atoms with van der Waals surface area (Å²) in [6.45, 7) is 4.25. The molecule has 1 saturated carbocycles. The van der Waals surface area contributed by atoms with Crippen LogP contribution in [0.25, 0.3) is 0 Å². The lowest BCUT2D eigenvalue weighted by atomic mass is 9.86. The Kier molecular flexibility index (Phi) is 7.08. The number of carbonyl (C=O) groups excluding carboxylic acids is 1. The molecule has 2 aromatic rings. The molecule has 0 aliphatic heterocycles. The SMILES string of the molecule is Cc1ccc(Nc2nc(N)nc(CSCC(=O)N[C@H]3CCCC[C@H]3C)n2)cc1. The van der Waals surface area contributed by atoms with Crippen LogP contribution in [0.2, 0.25) is 0 Å². The van der Waals surface area contributed by atoms with Crippen LogP contribution in [-0.2, 0) is 10.5 Å². The number of anilines is 3. The van der Waals surface area contributed by atoms with Crippen LogP contribution in [0.15, 0.2) is 24.3 Å². The monoisotopic (exact) mass is 400 g/mol. The molecule has 1 fully saturated rings. The summed E-state index contributed by atoms with van der Waals surface area (Å²) in [7, 11) is 0. The van der Waals surface area contributed by atoms with Gasteiger partial charge in [0.1, 0.15) is 5.82 Å². The number of hydrogen-bond donors (Lipinski definition) is 3. The largest absolute Gasteiger partial charge is 0.368 e. The zero-order valence-electron chi connectivity index (χ0n) is 16.4. The van der Waals surface area contributed by atoms with Gasteiger partial charge in [0.05, 0.1) is 11.5 Å². The summed E-state index contributed by atoms with van der Waals surface area (Å²) < 4.78 is 0. The van der Waals surface area contributed by atoms with Gasteiger partial charge in [0.15, 0.2) is 0 Å². The lowest BCUT2D eigenvalue weighted by Gasteiger charge is -2.29. The summed E-state index contributed by atoms with van der Waals surface area (Å²) in [5.41, 5.74) is 7.88. The van der Waals surface area contributed by atoms with Crippen LogP contribution >= 0.6 is 11.8 Å². The number of nitrogen functional groups attached to an aromatic ring is 1. The van der Waals surface area contributed by atoms with E-state index in [9.17, 15) is 4.79 Å². The Morgan fingerprint density at radius 2 is 1.93 bits per heavy atom. The molecule has 2 atom stereocenters. The second kappa shape index (κ2) is 9.73. The van der Waals surface area contributed by atoms with E-state index < -0.39 is 0 Å². The van der Waals surface area contributed by atoms with E-state index in [-0.39, 0.29) is 11.9 Å². The molecule has 0 spiro atoms. The van der Waals surface area contributed by atoms with Crippen molar-refractivity contribution in [1.82, 2.24) is 20.3 Å². The quantitative estimate of drug-likeness (QED) is 0.654. The maximum atomic E-state index is 12.2. The Bertz CT molecular complexity index is 798. The average molecular weight is 401 g/mol. The van der Waals surface area contributed by atoms with Crippen molar-refractivity contribution >= 4 is 35.3 Å². The summed E-state index contributed by atoms with van der Waals surface area (Å²) in [5, 5.41) is 6.30. The van der Waals surface area contributed by atoms with Gasteiger partial charge in [0.25, 0.3) is 0 Å². The number of benzene rings is 1. The van der Waals surface area contributed by atoms with E-state index in [0.717, 1.165) is 12.1 Å². The fourth-order valence-electron chi connectivity index (χ4n) is 3.34. The molecule has 1 aromatic heterocycles. The lowest BCUT2D eigenvalue weighted by molar-refractivity contribution is -0.119. The second-order valence-corrected chi connectivity index (χ2v) is 8.34. The second-order valence-electron chi connectivity index (χ2n) is 7.35. The maximum absolute atomic E-state index is 12.2. The fraction of sp³-hybridized carbons (Fsp3) is 0.500. The van der Waals surface area contributed by atoms with E-state index in [1.807, 2.05) is 31.2 Å². The van der Waals surface area contributed by atoms with E-state index >= 15 is 0 Å². The maximum Gasteiger partial charge on any atom is 0.232 e. The van der Waals surface area contributed by atoms with Crippen molar-refractivity contribution in [2.75, 3.05) is 16.8 Å². The number of nitrogens with one attached hydrogen (secondary N) is 2. The van der Waals surface area contributed by atoms with Gasteiger partial charge in [-0.25, -0.2) is 0 Å². The van der Waals surface area contributed by atoms with Crippen molar-refractivity contribution in [3.8, 4) is 0 Å². The Balaban J connectivity index is 1.50. The summed E-state index contributed by atoms with van der Waals surface area (Å²) in [5.74, 6) is 2.66. The minimum atomic E-state index is 0.0729. The Morgan fingerprint density at radius 1 is 1.18 bits per heavy atom. The van der Waals surface area contributed by atoms with E-state index in [4.69, 9.17) is 5.73 Å². The van der Waals surface area contributed by atoms with Gasteiger partial charge in [0, 0.05) is 11.7 Å². The van der Waals surface area contributed by atoms with Gasteiger partial charge in [-0.3, -0.25) is 4.79 Å². The smallest absolute Gasteiger partial charge is 0.232 e. The van der Waals surface area contributed by atoms with Crippen molar-refractivity contribution in [3.05, 3.63) is 35.7 Å². The van der Waals surface area contributed by atoms with Crippen molar-refractivity contribution in [3.63, 3.8) is 0 Å². The Labute approximate surface area is 170 Å². The molecular weight excluding hydrogens is 372 g/mol. The third-order valence-corrected chi connectivity index (χ3v) is 5.86. The third-order valence-electron chi connectivity index (χ3n) is 4.93. The molecule has 8 heteroatoms. The van der Waals surface area contributed by atoms with Crippen LogP contribution in [0.4, 0.5) is 17.6 Å². The highest BCUT2D eigenvalue weighted by molar-refractivity contribution is 7.99. The first kappa shape index (κ1) is 20.4. The molecule has 1 amide bonds. The standard InChI is InChI=1S/C20H28N6OS/c1-13-7-9-15(10-8-13)22-20-25-17(24-19(21)26-20)11-28-12-18(27)23-16-6-4-3-5-14(16)2/h7-10,14,16H,3-6,11-12H2,1-2H3,(H,23,27)(H3,21,22,24,25,26)/t14-,16+/m1/s1. The third kappa shape index (κ3) is 6.09. The van der Waals surface area contributed by atoms with Gasteiger partial charge in [0.2, 0.25) is 17.8 Å². The molecule has 7 nitrogen and oxygen atoms in total. The van der Waals surface area contributed by atoms with Gasteiger partial charge in [-0.2, -0.15) is 15.0 Å². The first-order valence-electron chi connectivity index (χ1n) is 9.71. The van der Waals surface area contributed by atoms with Crippen LogP contribution in [0.3, 0.4) is 0 Å². The highest BCUT2D eigenvalue weighted by Gasteiger charge is 2.22. The van der Waals surface area contributed by atoms with Gasteiger partial charge in [-0.15, -0.1) is 11.8 Å². The molecule has 1 aliphatic carbocycles. The Hall–Kier alpha value is -2.35. The minimum Gasteiger partial charge on any atom is -0.368 e. The van der Waals surface area contributed by atoms with Gasteiger partial charge in [-0.05, 0) is 37.8 Å². The first-order valence-corrected chi connectivity index (χ1v) is 10.9.